The fraction of sp³-hybridized carbons (Fsp3) is 0.0833. The highest BCUT2D eigenvalue weighted by molar-refractivity contribution is 5.80. The minimum absolute atomic E-state index is 0.409. The average Bonchev–Trinajstić information content (AvgIpc) is 2.90. The summed E-state index contributed by atoms with van der Waals surface area (Å²) in [6.07, 6.45) is 3.18. The molecule has 0 atom stereocenters. The number of rotatable bonds is 3. The van der Waals surface area contributed by atoms with Crippen LogP contribution >= 0.6 is 0 Å². The molecule has 3 rings (SSSR count). The highest BCUT2D eigenvalue weighted by atomic mass is 16.5. The van der Waals surface area contributed by atoms with Gasteiger partial charge in [0.15, 0.2) is 5.82 Å². The molecule has 0 spiro atoms. The summed E-state index contributed by atoms with van der Waals surface area (Å²) in [5, 5.41) is 5.35. The lowest BCUT2D eigenvalue weighted by Crippen LogP contribution is -2.13. The maximum Gasteiger partial charge on any atom is 0.207 e. The Hall–Kier alpha value is -2.67. The van der Waals surface area contributed by atoms with E-state index < -0.39 is 0 Å². The second-order valence-electron chi connectivity index (χ2n) is 3.84. The first-order valence-corrected chi connectivity index (χ1v) is 5.64. The van der Waals surface area contributed by atoms with Gasteiger partial charge in [0.25, 0.3) is 0 Å². The maximum absolute atomic E-state index is 5.41. The molecule has 0 bridgehead atoms. The minimum atomic E-state index is 0.409. The third kappa shape index (κ3) is 1.76. The van der Waals surface area contributed by atoms with Gasteiger partial charge in [0.1, 0.15) is 6.33 Å². The summed E-state index contributed by atoms with van der Waals surface area (Å²) in [7, 11) is 1.54. The van der Waals surface area contributed by atoms with Crippen LogP contribution in [0.3, 0.4) is 0 Å². The molecule has 2 heterocycles. The molecule has 7 nitrogen and oxygen atoms in total. The first-order chi connectivity index (χ1) is 9.35. The largest absolute Gasteiger partial charge is 0.490 e. The topological polar surface area (TPSA) is 90.9 Å². The van der Waals surface area contributed by atoms with E-state index in [0.29, 0.717) is 17.4 Å². The number of aromatic nitrogens is 4. The Morgan fingerprint density at radius 2 is 2.11 bits per heavy atom. The monoisotopic (exact) mass is 256 g/mol. The number of ether oxygens (including phenoxy) is 1. The van der Waals surface area contributed by atoms with E-state index in [1.54, 1.807) is 10.9 Å². The predicted molar refractivity (Wildman–Crippen MR) is 71.0 cm³/mol. The lowest BCUT2D eigenvalue weighted by atomic mass is 10.2. The van der Waals surface area contributed by atoms with Gasteiger partial charge in [-0.05, 0) is 6.07 Å². The van der Waals surface area contributed by atoms with E-state index in [2.05, 4.69) is 20.5 Å². The average molecular weight is 256 g/mol. The highest BCUT2D eigenvalue weighted by Gasteiger charge is 2.15. The fourth-order valence-corrected chi connectivity index (χ4v) is 1.95. The molecule has 0 unspecified atom stereocenters. The maximum atomic E-state index is 5.41. The van der Waals surface area contributed by atoms with E-state index in [0.717, 1.165) is 10.9 Å². The summed E-state index contributed by atoms with van der Waals surface area (Å²) >= 11 is 0. The summed E-state index contributed by atoms with van der Waals surface area (Å²) in [5.74, 6) is 6.80. The van der Waals surface area contributed by atoms with Gasteiger partial charge >= 0.3 is 0 Å². The van der Waals surface area contributed by atoms with Crippen LogP contribution in [0.5, 0.6) is 5.75 Å². The van der Waals surface area contributed by atoms with E-state index in [-0.39, 0.29) is 0 Å². The van der Waals surface area contributed by atoms with Crippen LogP contribution in [0.15, 0.2) is 36.8 Å². The zero-order chi connectivity index (χ0) is 13.2. The quantitative estimate of drug-likeness (QED) is 0.539. The van der Waals surface area contributed by atoms with Gasteiger partial charge in [-0.15, -0.1) is 0 Å². The van der Waals surface area contributed by atoms with Gasteiger partial charge in [-0.25, -0.2) is 20.5 Å². The second-order valence-corrected chi connectivity index (χ2v) is 3.84. The Morgan fingerprint density at radius 1 is 1.26 bits per heavy atom. The highest BCUT2D eigenvalue weighted by Crippen LogP contribution is 2.28. The number of nitrogen functional groups attached to an aromatic ring is 1. The summed E-state index contributed by atoms with van der Waals surface area (Å²) in [6.45, 7) is 0. The number of hydrazine groups is 1. The summed E-state index contributed by atoms with van der Waals surface area (Å²) < 4.78 is 7.00. The van der Waals surface area contributed by atoms with Gasteiger partial charge in [-0.2, -0.15) is 5.10 Å². The van der Waals surface area contributed by atoms with E-state index in [1.807, 2.05) is 24.3 Å². The van der Waals surface area contributed by atoms with Crippen molar-refractivity contribution in [3.05, 3.63) is 36.8 Å². The number of benzene rings is 1. The molecule has 3 aromatic rings. The molecule has 0 saturated carbocycles. The Balaban J connectivity index is 2.27. The van der Waals surface area contributed by atoms with Gasteiger partial charge in [0.2, 0.25) is 11.6 Å². The van der Waals surface area contributed by atoms with Gasteiger partial charge in [0, 0.05) is 5.39 Å². The van der Waals surface area contributed by atoms with E-state index in [4.69, 9.17) is 10.6 Å². The third-order valence-corrected chi connectivity index (χ3v) is 2.80. The molecule has 1 aromatic carbocycles. The van der Waals surface area contributed by atoms with E-state index in [1.165, 1.54) is 13.4 Å². The molecule has 0 aliphatic rings. The molecule has 0 radical (unpaired) electrons. The van der Waals surface area contributed by atoms with Crippen molar-refractivity contribution in [2.45, 2.75) is 0 Å². The number of nitrogens with zero attached hydrogens (tertiary/aromatic N) is 4. The molecular weight excluding hydrogens is 244 g/mol. The molecule has 7 heteroatoms. The number of anilines is 1. The fourth-order valence-electron chi connectivity index (χ4n) is 1.95. The van der Waals surface area contributed by atoms with Crippen LogP contribution in [0.25, 0.3) is 16.7 Å². The SMILES string of the molecule is COc1c(NN)ncnc1-n1ncc2ccccc21. The lowest BCUT2D eigenvalue weighted by molar-refractivity contribution is 0.409. The molecule has 0 fully saturated rings. The molecule has 0 aliphatic heterocycles. The number of hydrogen-bond acceptors (Lipinski definition) is 6. The van der Waals surface area contributed by atoms with Crippen LogP contribution in [0.4, 0.5) is 5.82 Å². The Bertz CT molecular complexity index is 723. The van der Waals surface area contributed by atoms with Crippen molar-refractivity contribution >= 4 is 16.7 Å². The zero-order valence-corrected chi connectivity index (χ0v) is 10.2. The molecule has 96 valence electrons. The van der Waals surface area contributed by atoms with Gasteiger partial charge in [-0.1, -0.05) is 18.2 Å². The third-order valence-electron chi connectivity index (χ3n) is 2.80. The first-order valence-electron chi connectivity index (χ1n) is 5.64. The van der Waals surface area contributed by atoms with E-state index >= 15 is 0 Å². The minimum Gasteiger partial charge on any atom is -0.490 e. The first kappa shape index (κ1) is 11.4. The van der Waals surface area contributed by atoms with Crippen LogP contribution in [-0.4, -0.2) is 26.9 Å². The normalized spacial score (nSPS) is 10.6. The number of hydrogen-bond donors (Lipinski definition) is 2. The van der Waals surface area contributed by atoms with Crippen LogP contribution in [0.2, 0.25) is 0 Å². The van der Waals surface area contributed by atoms with Gasteiger partial charge < -0.3 is 10.2 Å². The number of para-hydroxylation sites is 1. The number of methoxy groups -OCH3 is 1. The zero-order valence-electron chi connectivity index (χ0n) is 10.2. The van der Waals surface area contributed by atoms with Crippen molar-refractivity contribution in [2.24, 2.45) is 5.84 Å². The standard InChI is InChI=1S/C12H12N6O/c1-19-10-11(17-13)14-7-15-12(10)18-9-5-3-2-4-8(9)6-16-18/h2-7H,13H2,1H3,(H,14,15,17). The van der Waals surface area contributed by atoms with E-state index in [9.17, 15) is 0 Å². The number of nitrogens with one attached hydrogen (secondary N) is 1. The van der Waals surface area contributed by atoms with Crippen LogP contribution in [0, 0.1) is 0 Å². The number of nitrogens with two attached hydrogens (primary N) is 1. The van der Waals surface area contributed by atoms with Crippen molar-refractivity contribution in [1.82, 2.24) is 19.7 Å². The predicted octanol–water partition coefficient (Wildman–Crippen LogP) is 1.11. The van der Waals surface area contributed by atoms with Crippen molar-refractivity contribution in [1.29, 1.82) is 0 Å². The van der Waals surface area contributed by atoms with Crippen molar-refractivity contribution in [2.75, 3.05) is 12.5 Å². The van der Waals surface area contributed by atoms with Crippen molar-refractivity contribution < 1.29 is 4.74 Å². The Labute approximate surface area is 109 Å². The van der Waals surface area contributed by atoms with Crippen LogP contribution in [0.1, 0.15) is 0 Å². The molecule has 0 aliphatic carbocycles. The van der Waals surface area contributed by atoms with Crippen LogP contribution in [-0.2, 0) is 0 Å². The van der Waals surface area contributed by atoms with Crippen molar-refractivity contribution in [3.8, 4) is 11.6 Å². The molecule has 0 amide bonds. The summed E-state index contributed by atoms with van der Waals surface area (Å²) in [6, 6.07) is 7.84. The molecular formula is C12H12N6O. The molecule has 2 aromatic heterocycles. The lowest BCUT2D eigenvalue weighted by Gasteiger charge is -2.11. The summed E-state index contributed by atoms with van der Waals surface area (Å²) in [5.41, 5.74) is 3.41. The Kier molecular flexibility index (Phi) is 2.73. The van der Waals surface area contributed by atoms with Crippen LogP contribution < -0.4 is 16.0 Å². The van der Waals surface area contributed by atoms with Gasteiger partial charge in [0.05, 0.1) is 18.8 Å². The van der Waals surface area contributed by atoms with Crippen molar-refractivity contribution in [3.63, 3.8) is 0 Å². The van der Waals surface area contributed by atoms with Gasteiger partial charge in [-0.3, -0.25) is 0 Å². The number of fused-ring (bicyclic) bond motifs is 1. The smallest absolute Gasteiger partial charge is 0.207 e. The Morgan fingerprint density at radius 3 is 2.89 bits per heavy atom. The second kappa shape index (κ2) is 4.54. The molecule has 3 N–H and O–H groups in total. The summed E-state index contributed by atoms with van der Waals surface area (Å²) in [4.78, 5) is 8.22. The molecule has 0 saturated heterocycles. The molecule has 19 heavy (non-hydrogen) atoms.